The first-order valence-corrected chi connectivity index (χ1v) is 7.36. The predicted octanol–water partition coefficient (Wildman–Crippen LogP) is 0.615. The Morgan fingerprint density at radius 1 is 1.35 bits per heavy atom. The van der Waals surface area contributed by atoms with E-state index in [1.807, 2.05) is 0 Å². The number of anilines is 1. The summed E-state index contributed by atoms with van der Waals surface area (Å²) >= 11 is 4.85. The van der Waals surface area contributed by atoms with Crippen LogP contribution in [0, 0.1) is 6.92 Å². The van der Waals surface area contributed by atoms with Crippen LogP contribution in [-0.2, 0) is 10.0 Å². The third-order valence-electron chi connectivity index (χ3n) is 2.46. The van der Waals surface area contributed by atoms with Crippen LogP contribution in [0.1, 0.15) is 11.1 Å². The van der Waals surface area contributed by atoms with Crippen molar-refractivity contribution in [3.05, 3.63) is 41.7 Å². The zero-order chi connectivity index (χ0) is 14.8. The second-order valence-electron chi connectivity index (χ2n) is 3.92. The summed E-state index contributed by atoms with van der Waals surface area (Å²) in [4.78, 5) is 4.07. The van der Waals surface area contributed by atoms with Gasteiger partial charge in [0, 0.05) is 5.56 Å². The maximum Gasteiger partial charge on any atom is 0.264 e. The maximum absolute atomic E-state index is 12.2. The van der Waals surface area contributed by atoms with Gasteiger partial charge in [-0.25, -0.2) is 18.1 Å². The lowest BCUT2D eigenvalue weighted by Crippen LogP contribution is -2.17. The molecular weight excluding hydrogens is 298 g/mol. The number of nitrogens with two attached hydrogens (primary N) is 1. The zero-order valence-electron chi connectivity index (χ0n) is 10.4. The van der Waals surface area contributed by atoms with Gasteiger partial charge in [0.15, 0.2) is 0 Å². The molecule has 3 N–H and O–H groups in total. The Morgan fingerprint density at radius 3 is 2.65 bits per heavy atom. The summed E-state index contributed by atoms with van der Waals surface area (Å²) < 4.78 is 26.7. The summed E-state index contributed by atoms with van der Waals surface area (Å²) in [6.07, 6.45) is 2.69. The second kappa shape index (κ2) is 5.47. The van der Waals surface area contributed by atoms with Crippen LogP contribution >= 0.6 is 12.2 Å². The Morgan fingerprint density at radius 2 is 2.10 bits per heavy atom. The molecule has 0 spiro atoms. The summed E-state index contributed by atoms with van der Waals surface area (Å²) in [7, 11) is -3.79. The highest BCUT2D eigenvalue weighted by Gasteiger charge is 2.18. The number of nitrogens with one attached hydrogen (secondary N) is 1. The van der Waals surface area contributed by atoms with Gasteiger partial charge in [-0.2, -0.15) is 5.10 Å². The van der Waals surface area contributed by atoms with Crippen molar-refractivity contribution in [2.75, 3.05) is 4.72 Å². The molecule has 2 rings (SSSR count). The van der Waals surface area contributed by atoms with Crippen molar-refractivity contribution in [1.29, 1.82) is 0 Å². The second-order valence-corrected chi connectivity index (χ2v) is 6.01. The fourth-order valence-corrected chi connectivity index (χ4v) is 2.87. The van der Waals surface area contributed by atoms with Crippen LogP contribution in [0.15, 0.2) is 35.5 Å². The highest BCUT2D eigenvalue weighted by atomic mass is 32.2. The number of aromatic nitrogens is 3. The first kappa shape index (κ1) is 14.3. The maximum atomic E-state index is 12.2. The number of thiocarbonyl (C=S) groups is 1. The molecule has 104 valence electrons. The van der Waals surface area contributed by atoms with E-state index in [-0.39, 0.29) is 15.8 Å². The Hall–Kier alpha value is -2.13. The number of hydrogen-bond acceptors (Lipinski definition) is 6. The number of sulfonamides is 1. The highest BCUT2D eigenvalue weighted by molar-refractivity contribution is 7.92. The lowest BCUT2D eigenvalue weighted by atomic mass is 10.1. The van der Waals surface area contributed by atoms with Gasteiger partial charge in [-0.1, -0.05) is 18.3 Å². The summed E-state index contributed by atoms with van der Waals surface area (Å²) in [5.74, 6) is -0.0923. The SMILES string of the molecule is Cc1cc(C(N)=S)ccc1S(=O)(=O)Nc1nccnn1. The van der Waals surface area contributed by atoms with Gasteiger partial charge in [-0.15, -0.1) is 5.10 Å². The molecule has 7 nitrogen and oxygen atoms in total. The van der Waals surface area contributed by atoms with Crippen molar-refractivity contribution in [2.24, 2.45) is 5.73 Å². The van der Waals surface area contributed by atoms with Crippen molar-refractivity contribution in [2.45, 2.75) is 11.8 Å². The molecule has 1 heterocycles. The number of rotatable bonds is 4. The molecule has 0 fully saturated rings. The molecule has 0 bridgehead atoms. The summed E-state index contributed by atoms with van der Waals surface area (Å²) in [5.41, 5.74) is 6.63. The first-order chi connectivity index (χ1) is 9.40. The number of hydrogen-bond donors (Lipinski definition) is 2. The fraction of sp³-hybridized carbons (Fsp3) is 0.0909. The van der Waals surface area contributed by atoms with E-state index in [9.17, 15) is 8.42 Å². The number of nitrogens with zero attached hydrogens (tertiary/aromatic N) is 3. The van der Waals surface area contributed by atoms with Gasteiger partial charge in [0.05, 0.1) is 17.3 Å². The monoisotopic (exact) mass is 309 g/mol. The third kappa shape index (κ3) is 3.06. The van der Waals surface area contributed by atoms with Crippen LogP contribution in [-0.4, -0.2) is 28.6 Å². The van der Waals surface area contributed by atoms with E-state index in [0.29, 0.717) is 11.1 Å². The molecule has 0 aliphatic heterocycles. The van der Waals surface area contributed by atoms with Crippen molar-refractivity contribution in [3.63, 3.8) is 0 Å². The molecular formula is C11H11N5O2S2. The Balaban J connectivity index is 2.37. The van der Waals surface area contributed by atoms with Crippen LogP contribution in [0.3, 0.4) is 0 Å². The van der Waals surface area contributed by atoms with E-state index in [4.69, 9.17) is 18.0 Å². The number of benzene rings is 1. The molecule has 0 saturated heterocycles. The van der Waals surface area contributed by atoms with E-state index in [2.05, 4.69) is 19.9 Å². The minimum absolute atomic E-state index is 0.0923. The van der Waals surface area contributed by atoms with E-state index >= 15 is 0 Å². The molecule has 1 aromatic carbocycles. The van der Waals surface area contributed by atoms with E-state index < -0.39 is 10.0 Å². The normalized spacial score (nSPS) is 11.1. The first-order valence-electron chi connectivity index (χ1n) is 5.47. The average molecular weight is 309 g/mol. The molecule has 0 saturated carbocycles. The van der Waals surface area contributed by atoms with Crippen LogP contribution in [0.4, 0.5) is 5.95 Å². The van der Waals surface area contributed by atoms with Crippen molar-refractivity contribution in [3.8, 4) is 0 Å². The standard InChI is InChI=1S/C11H11N5O2S2/c1-7-6-8(10(12)19)2-3-9(7)20(17,18)16-11-13-4-5-14-15-11/h2-6H,1H3,(H2,12,19)(H,13,15,16). The fourth-order valence-electron chi connectivity index (χ4n) is 1.57. The third-order valence-corrected chi connectivity index (χ3v) is 4.18. The van der Waals surface area contributed by atoms with Gasteiger partial charge in [-0.05, 0) is 24.6 Å². The molecule has 9 heteroatoms. The molecule has 0 amide bonds. The molecule has 0 aliphatic carbocycles. The smallest absolute Gasteiger partial charge is 0.264 e. The molecule has 20 heavy (non-hydrogen) atoms. The van der Waals surface area contributed by atoms with Crippen LogP contribution in [0.5, 0.6) is 0 Å². The molecule has 2 aromatic rings. The topological polar surface area (TPSA) is 111 Å². The summed E-state index contributed by atoms with van der Waals surface area (Å²) in [6.45, 7) is 1.65. The van der Waals surface area contributed by atoms with Gasteiger partial charge < -0.3 is 5.73 Å². The Kier molecular flexibility index (Phi) is 3.91. The van der Waals surface area contributed by atoms with Gasteiger partial charge in [0.2, 0.25) is 0 Å². The van der Waals surface area contributed by atoms with Gasteiger partial charge in [0.1, 0.15) is 4.99 Å². The Labute approximate surface area is 121 Å². The van der Waals surface area contributed by atoms with Crippen LogP contribution < -0.4 is 10.5 Å². The lowest BCUT2D eigenvalue weighted by Gasteiger charge is -2.09. The van der Waals surface area contributed by atoms with Crippen LogP contribution in [0.25, 0.3) is 0 Å². The largest absolute Gasteiger partial charge is 0.389 e. The molecule has 0 unspecified atom stereocenters. The van der Waals surface area contributed by atoms with E-state index in [1.54, 1.807) is 19.1 Å². The minimum atomic E-state index is -3.79. The van der Waals surface area contributed by atoms with Crippen molar-refractivity contribution >= 4 is 33.2 Å². The van der Waals surface area contributed by atoms with Gasteiger partial charge >= 0.3 is 0 Å². The predicted molar refractivity (Wildman–Crippen MR) is 77.7 cm³/mol. The summed E-state index contributed by atoms with van der Waals surface area (Å²) in [5, 5.41) is 7.12. The Bertz CT molecular complexity index is 747. The highest BCUT2D eigenvalue weighted by Crippen LogP contribution is 2.18. The average Bonchev–Trinajstić information content (AvgIpc) is 2.38. The molecule has 0 aliphatic rings. The van der Waals surface area contributed by atoms with Crippen molar-refractivity contribution < 1.29 is 8.42 Å². The summed E-state index contributed by atoms with van der Waals surface area (Å²) in [6, 6.07) is 4.59. The zero-order valence-corrected chi connectivity index (χ0v) is 12.1. The minimum Gasteiger partial charge on any atom is -0.389 e. The molecule has 0 radical (unpaired) electrons. The molecule has 0 atom stereocenters. The van der Waals surface area contributed by atoms with Gasteiger partial charge in [-0.3, -0.25) is 0 Å². The van der Waals surface area contributed by atoms with E-state index in [1.165, 1.54) is 18.5 Å². The van der Waals surface area contributed by atoms with Crippen molar-refractivity contribution in [1.82, 2.24) is 15.2 Å². The quantitative estimate of drug-likeness (QED) is 0.796. The molecule has 1 aromatic heterocycles. The van der Waals surface area contributed by atoms with E-state index in [0.717, 1.165) is 0 Å². The van der Waals surface area contributed by atoms with Gasteiger partial charge in [0.25, 0.3) is 16.0 Å². The van der Waals surface area contributed by atoms with Crippen LogP contribution in [0.2, 0.25) is 0 Å². The lowest BCUT2D eigenvalue weighted by molar-refractivity contribution is 0.600. The number of aryl methyl sites for hydroxylation is 1.